The van der Waals surface area contributed by atoms with Crippen molar-refractivity contribution in [3.8, 4) is 10.7 Å². The van der Waals surface area contributed by atoms with Gasteiger partial charge in [-0.05, 0) is 43.7 Å². The van der Waals surface area contributed by atoms with Crippen LogP contribution in [0.5, 0.6) is 0 Å². The molecular formula is C19H17Cl2N3OS. The molecule has 0 aliphatic rings. The molecule has 3 aromatic rings. The topological polar surface area (TPSA) is 54.9 Å². The van der Waals surface area contributed by atoms with Crippen LogP contribution < -0.4 is 5.32 Å². The van der Waals surface area contributed by atoms with E-state index in [9.17, 15) is 4.79 Å². The lowest BCUT2D eigenvalue weighted by molar-refractivity contribution is -0.122. The number of hydrogen-bond acceptors (Lipinski definition) is 4. The first-order valence-corrected chi connectivity index (χ1v) is 9.61. The van der Waals surface area contributed by atoms with Crippen LogP contribution in [0.3, 0.4) is 0 Å². The van der Waals surface area contributed by atoms with E-state index in [1.807, 2.05) is 43.5 Å². The molecule has 1 aromatic carbocycles. The molecular weight excluding hydrogens is 389 g/mol. The number of carbonyl (C=O) groups excluding carboxylic acids is 1. The predicted molar refractivity (Wildman–Crippen MR) is 107 cm³/mol. The molecule has 0 saturated heterocycles. The smallest absolute Gasteiger partial charge is 0.226 e. The molecule has 0 bridgehead atoms. The first kappa shape index (κ1) is 18.8. The Balaban J connectivity index is 1.68. The normalized spacial score (nSPS) is 11.4. The van der Waals surface area contributed by atoms with Crippen LogP contribution in [-0.2, 0) is 16.8 Å². The SMILES string of the molecule is CC(C)(NC(=O)Cc1csc(-c2ccccn2)n1)c1ccc(Cl)c(Cl)c1. The molecule has 0 aliphatic carbocycles. The molecule has 0 unspecified atom stereocenters. The van der Waals surface area contributed by atoms with Crippen LogP contribution in [-0.4, -0.2) is 15.9 Å². The molecule has 4 nitrogen and oxygen atoms in total. The Labute approximate surface area is 166 Å². The largest absolute Gasteiger partial charge is 0.347 e. The fourth-order valence-corrected chi connectivity index (χ4v) is 3.60. The number of nitrogens with one attached hydrogen (secondary N) is 1. The maximum atomic E-state index is 12.5. The second kappa shape index (κ2) is 7.74. The van der Waals surface area contributed by atoms with Gasteiger partial charge in [0.2, 0.25) is 5.91 Å². The number of rotatable bonds is 5. The van der Waals surface area contributed by atoms with Crippen molar-refractivity contribution in [2.75, 3.05) is 0 Å². The van der Waals surface area contributed by atoms with Crippen LogP contribution in [0.25, 0.3) is 10.7 Å². The van der Waals surface area contributed by atoms with Crippen molar-refractivity contribution < 1.29 is 4.79 Å². The van der Waals surface area contributed by atoms with Crippen molar-refractivity contribution in [2.45, 2.75) is 25.8 Å². The molecule has 26 heavy (non-hydrogen) atoms. The molecule has 2 heterocycles. The fraction of sp³-hybridized carbons (Fsp3) is 0.211. The molecule has 0 atom stereocenters. The van der Waals surface area contributed by atoms with Crippen LogP contribution in [0.1, 0.15) is 25.1 Å². The van der Waals surface area contributed by atoms with Gasteiger partial charge in [0.1, 0.15) is 5.01 Å². The van der Waals surface area contributed by atoms with E-state index in [1.54, 1.807) is 18.3 Å². The maximum Gasteiger partial charge on any atom is 0.226 e. The quantitative estimate of drug-likeness (QED) is 0.641. The number of thiazole rings is 1. The monoisotopic (exact) mass is 405 g/mol. The average molecular weight is 406 g/mol. The van der Waals surface area contributed by atoms with Crippen molar-refractivity contribution in [1.82, 2.24) is 15.3 Å². The molecule has 1 N–H and O–H groups in total. The standard InChI is InChI=1S/C19H17Cl2N3OS/c1-19(2,12-6-7-14(20)15(21)9-12)24-17(25)10-13-11-26-18(23-13)16-5-3-4-8-22-16/h3-9,11H,10H2,1-2H3,(H,24,25). The van der Waals surface area contributed by atoms with Gasteiger partial charge in [-0.2, -0.15) is 0 Å². The number of aromatic nitrogens is 2. The van der Waals surface area contributed by atoms with Gasteiger partial charge in [0.25, 0.3) is 0 Å². The molecule has 3 rings (SSSR count). The first-order valence-electron chi connectivity index (χ1n) is 7.97. The summed E-state index contributed by atoms with van der Waals surface area (Å²) in [7, 11) is 0. The van der Waals surface area contributed by atoms with Gasteiger partial charge in [-0.15, -0.1) is 11.3 Å². The van der Waals surface area contributed by atoms with Crippen molar-refractivity contribution in [3.05, 3.63) is 69.3 Å². The third kappa shape index (κ3) is 4.41. The summed E-state index contributed by atoms with van der Waals surface area (Å²) in [5.74, 6) is -0.112. The number of carbonyl (C=O) groups is 1. The van der Waals surface area contributed by atoms with E-state index in [4.69, 9.17) is 23.2 Å². The minimum Gasteiger partial charge on any atom is -0.347 e. The number of hydrogen-bond donors (Lipinski definition) is 1. The van der Waals surface area contributed by atoms with Crippen molar-refractivity contribution in [2.24, 2.45) is 0 Å². The molecule has 1 amide bonds. The van der Waals surface area contributed by atoms with Gasteiger partial charge >= 0.3 is 0 Å². The second-order valence-electron chi connectivity index (χ2n) is 6.34. The van der Waals surface area contributed by atoms with Gasteiger partial charge in [-0.1, -0.05) is 35.3 Å². The Bertz CT molecular complexity index is 926. The number of nitrogens with zero attached hydrogens (tertiary/aromatic N) is 2. The van der Waals surface area contributed by atoms with Gasteiger partial charge in [-0.25, -0.2) is 4.98 Å². The number of amides is 1. The Kier molecular flexibility index (Phi) is 5.61. The highest BCUT2D eigenvalue weighted by atomic mass is 35.5. The van der Waals surface area contributed by atoms with Crippen LogP contribution in [0, 0.1) is 0 Å². The molecule has 0 aliphatic heterocycles. The molecule has 0 saturated carbocycles. The molecule has 2 aromatic heterocycles. The van der Waals surface area contributed by atoms with Gasteiger partial charge < -0.3 is 5.32 Å². The summed E-state index contributed by atoms with van der Waals surface area (Å²) in [6.07, 6.45) is 1.93. The average Bonchev–Trinajstić information content (AvgIpc) is 3.06. The highest BCUT2D eigenvalue weighted by Crippen LogP contribution is 2.28. The lowest BCUT2D eigenvalue weighted by atomic mass is 9.94. The van der Waals surface area contributed by atoms with Gasteiger partial charge in [0, 0.05) is 11.6 Å². The van der Waals surface area contributed by atoms with E-state index in [2.05, 4.69) is 15.3 Å². The van der Waals surface area contributed by atoms with Crippen molar-refractivity contribution in [1.29, 1.82) is 0 Å². The van der Waals surface area contributed by atoms with E-state index in [0.29, 0.717) is 10.0 Å². The maximum absolute atomic E-state index is 12.5. The van der Waals surface area contributed by atoms with Crippen LogP contribution in [0.15, 0.2) is 48.0 Å². The Morgan fingerprint density at radius 2 is 2.00 bits per heavy atom. The van der Waals surface area contributed by atoms with Crippen molar-refractivity contribution in [3.63, 3.8) is 0 Å². The lowest BCUT2D eigenvalue weighted by Gasteiger charge is -2.27. The number of halogens is 2. The summed E-state index contributed by atoms with van der Waals surface area (Å²) in [5.41, 5.74) is 1.83. The summed E-state index contributed by atoms with van der Waals surface area (Å²) >= 11 is 13.5. The zero-order chi connectivity index (χ0) is 18.7. The van der Waals surface area contributed by atoms with Gasteiger partial charge in [0.15, 0.2) is 0 Å². The Morgan fingerprint density at radius 3 is 2.69 bits per heavy atom. The number of benzene rings is 1. The Morgan fingerprint density at radius 1 is 1.19 bits per heavy atom. The lowest BCUT2D eigenvalue weighted by Crippen LogP contribution is -2.41. The summed E-state index contributed by atoms with van der Waals surface area (Å²) < 4.78 is 0. The zero-order valence-corrected chi connectivity index (χ0v) is 16.6. The highest BCUT2D eigenvalue weighted by molar-refractivity contribution is 7.13. The van der Waals surface area contributed by atoms with Crippen LogP contribution in [0.4, 0.5) is 0 Å². The minimum atomic E-state index is -0.578. The number of pyridine rings is 1. The molecule has 7 heteroatoms. The minimum absolute atomic E-state index is 0.112. The van der Waals surface area contributed by atoms with Crippen LogP contribution in [0.2, 0.25) is 10.0 Å². The predicted octanol–water partition coefficient (Wildman–Crippen LogP) is 5.11. The summed E-state index contributed by atoms with van der Waals surface area (Å²) in [4.78, 5) is 21.3. The zero-order valence-electron chi connectivity index (χ0n) is 14.3. The van der Waals surface area contributed by atoms with Crippen LogP contribution >= 0.6 is 34.5 Å². The van der Waals surface area contributed by atoms with Gasteiger partial charge in [0.05, 0.1) is 33.4 Å². The third-order valence-corrected chi connectivity index (χ3v) is 5.52. The third-order valence-electron chi connectivity index (χ3n) is 3.87. The van der Waals surface area contributed by atoms with E-state index in [-0.39, 0.29) is 12.3 Å². The fourth-order valence-electron chi connectivity index (χ4n) is 2.51. The summed E-state index contributed by atoms with van der Waals surface area (Å²) in [6, 6.07) is 11.0. The summed E-state index contributed by atoms with van der Waals surface area (Å²) in [6.45, 7) is 3.84. The highest BCUT2D eigenvalue weighted by Gasteiger charge is 2.24. The summed E-state index contributed by atoms with van der Waals surface area (Å²) in [5, 5.41) is 6.66. The van der Waals surface area contributed by atoms with E-state index >= 15 is 0 Å². The van der Waals surface area contributed by atoms with E-state index in [1.165, 1.54) is 11.3 Å². The van der Waals surface area contributed by atoms with Crippen molar-refractivity contribution >= 4 is 40.4 Å². The van der Waals surface area contributed by atoms with E-state index in [0.717, 1.165) is 22.0 Å². The van der Waals surface area contributed by atoms with E-state index < -0.39 is 5.54 Å². The first-order chi connectivity index (χ1) is 12.3. The second-order valence-corrected chi connectivity index (χ2v) is 8.01. The molecule has 0 radical (unpaired) electrons. The molecule has 0 fully saturated rings. The van der Waals surface area contributed by atoms with Gasteiger partial charge in [-0.3, -0.25) is 9.78 Å². The Hall–Kier alpha value is -1.95. The molecule has 134 valence electrons. The molecule has 0 spiro atoms.